The molecule has 3 heteroatoms. The molecule has 1 heterocycles. The van der Waals surface area contributed by atoms with E-state index < -0.39 is 0 Å². The van der Waals surface area contributed by atoms with Crippen molar-refractivity contribution in [3.8, 4) is 5.75 Å². The molecule has 0 spiro atoms. The second-order valence-electron chi connectivity index (χ2n) is 4.72. The van der Waals surface area contributed by atoms with Crippen molar-refractivity contribution >= 4 is 5.91 Å². The number of aryl methyl sites for hydroxylation is 1. The van der Waals surface area contributed by atoms with Gasteiger partial charge in [-0.15, -0.1) is 0 Å². The number of carbonyl (C=O) groups is 1. The summed E-state index contributed by atoms with van der Waals surface area (Å²) < 4.78 is 0. The topological polar surface area (TPSA) is 49.3 Å². The summed E-state index contributed by atoms with van der Waals surface area (Å²) in [6.45, 7) is 0. The molecule has 1 aliphatic rings. The number of phenols is 1. The first-order valence-electron chi connectivity index (χ1n) is 6.31. The summed E-state index contributed by atoms with van der Waals surface area (Å²) in [5, 5.41) is 12.3. The fourth-order valence-corrected chi connectivity index (χ4v) is 2.33. The van der Waals surface area contributed by atoms with Gasteiger partial charge in [0.15, 0.2) is 0 Å². The average Bonchev–Trinajstić information content (AvgIpc) is 2.71. The van der Waals surface area contributed by atoms with Crippen LogP contribution in [0.3, 0.4) is 0 Å². The molecule has 2 rings (SSSR count). The average molecular weight is 233 g/mol. The number of hydrogen-bond acceptors (Lipinski definition) is 2. The van der Waals surface area contributed by atoms with E-state index in [0.29, 0.717) is 18.2 Å². The van der Waals surface area contributed by atoms with Crippen LogP contribution in [-0.4, -0.2) is 17.1 Å². The number of benzene rings is 1. The lowest BCUT2D eigenvalue weighted by Crippen LogP contribution is -2.24. The number of phenolic OH excluding ortho intramolecular Hbond substituents is 1. The van der Waals surface area contributed by atoms with Crippen molar-refractivity contribution in [3.63, 3.8) is 0 Å². The predicted molar refractivity (Wildman–Crippen MR) is 66.8 cm³/mol. The van der Waals surface area contributed by atoms with Gasteiger partial charge in [0.05, 0.1) is 0 Å². The lowest BCUT2D eigenvalue weighted by Gasteiger charge is -2.09. The first kappa shape index (κ1) is 12.0. The van der Waals surface area contributed by atoms with E-state index in [1.807, 2.05) is 18.2 Å². The number of aromatic hydroxyl groups is 1. The maximum atomic E-state index is 11.0. The lowest BCUT2D eigenvalue weighted by atomic mass is 10.0. The van der Waals surface area contributed by atoms with Crippen LogP contribution in [0.25, 0.3) is 0 Å². The molecule has 1 aromatic carbocycles. The highest BCUT2D eigenvalue weighted by Gasteiger charge is 2.19. The molecule has 1 amide bonds. The summed E-state index contributed by atoms with van der Waals surface area (Å²) in [5.41, 5.74) is 1.18. The zero-order valence-electron chi connectivity index (χ0n) is 9.98. The summed E-state index contributed by atoms with van der Waals surface area (Å²) in [5.74, 6) is 0.536. The Morgan fingerprint density at radius 1 is 1.35 bits per heavy atom. The van der Waals surface area contributed by atoms with Gasteiger partial charge in [-0.25, -0.2) is 0 Å². The number of rotatable bonds is 5. The van der Waals surface area contributed by atoms with Gasteiger partial charge in [-0.1, -0.05) is 18.6 Å². The maximum Gasteiger partial charge on any atom is 0.220 e. The van der Waals surface area contributed by atoms with Gasteiger partial charge in [0.2, 0.25) is 5.91 Å². The molecule has 3 nitrogen and oxygen atoms in total. The highest BCUT2D eigenvalue weighted by Crippen LogP contribution is 2.16. The Labute approximate surface area is 102 Å². The molecule has 0 aromatic heterocycles. The zero-order chi connectivity index (χ0) is 12.1. The molecule has 1 saturated heterocycles. The number of amides is 1. The van der Waals surface area contributed by atoms with Crippen LogP contribution in [0.15, 0.2) is 24.3 Å². The summed E-state index contributed by atoms with van der Waals surface area (Å²) in [6, 6.07) is 7.82. The SMILES string of the molecule is O=C1CCC(CCCCc2cccc(O)c2)N1. The molecule has 1 atom stereocenters. The molecule has 2 N–H and O–H groups in total. The quantitative estimate of drug-likeness (QED) is 0.767. The van der Waals surface area contributed by atoms with Crippen molar-refractivity contribution < 1.29 is 9.90 Å². The fourth-order valence-electron chi connectivity index (χ4n) is 2.33. The predicted octanol–water partition coefficient (Wildman–Crippen LogP) is 2.38. The fraction of sp³-hybridized carbons (Fsp3) is 0.500. The van der Waals surface area contributed by atoms with Crippen LogP contribution >= 0.6 is 0 Å². The Morgan fingerprint density at radius 2 is 2.24 bits per heavy atom. The van der Waals surface area contributed by atoms with Gasteiger partial charge in [-0.05, 0) is 43.4 Å². The maximum absolute atomic E-state index is 11.0. The lowest BCUT2D eigenvalue weighted by molar-refractivity contribution is -0.119. The Balaban J connectivity index is 1.65. The van der Waals surface area contributed by atoms with E-state index in [0.717, 1.165) is 32.1 Å². The molecule has 1 fully saturated rings. The highest BCUT2D eigenvalue weighted by atomic mass is 16.3. The normalized spacial score (nSPS) is 19.3. The molecule has 92 valence electrons. The van der Waals surface area contributed by atoms with Gasteiger partial charge in [0.25, 0.3) is 0 Å². The van der Waals surface area contributed by atoms with Crippen LogP contribution in [0.2, 0.25) is 0 Å². The minimum absolute atomic E-state index is 0.197. The van der Waals surface area contributed by atoms with E-state index in [4.69, 9.17) is 0 Å². The molecule has 0 saturated carbocycles. The third-order valence-corrected chi connectivity index (χ3v) is 3.26. The molecular formula is C14H19NO2. The van der Waals surface area contributed by atoms with E-state index >= 15 is 0 Å². The van der Waals surface area contributed by atoms with Gasteiger partial charge in [-0.2, -0.15) is 0 Å². The number of nitrogens with one attached hydrogen (secondary N) is 1. The molecule has 1 aliphatic heterocycles. The van der Waals surface area contributed by atoms with Crippen molar-refractivity contribution in [2.24, 2.45) is 0 Å². The largest absolute Gasteiger partial charge is 0.508 e. The summed E-state index contributed by atoms with van der Waals surface area (Å²) in [4.78, 5) is 11.0. The Hall–Kier alpha value is -1.51. The van der Waals surface area contributed by atoms with Gasteiger partial charge >= 0.3 is 0 Å². The van der Waals surface area contributed by atoms with Crippen LogP contribution in [0, 0.1) is 0 Å². The number of carbonyl (C=O) groups excluding carboxylic acids is 1. The van der Waals surface area contributed by atoms with Crippen molar-refractivity contribution in [1.82, 2.24) is 5.32 Å². The van der Waals surface area contributed by atoms with Crippen molar-refractivity contribution in [1.29, 1.82) is 0 Å². The van der Waals surface area contributed by atoms with E-state index in [-0.39, 0.29) is 5.91 Å². The van der Waals surface area contributed by atoms with E-state index in [1.54, 1.807) is 6.07 Å². The minimum Gasteiger partial charge on any atom is -0.508 e. The van der Waals surface area contributed by atoms with E-state index in [9.17, 15) is 9.90 Å². The molecule has 0 aliphatic carbocycles. The second kappa shape index (κ2) is 5.71. The number of unbranched alkanes of at least 4 members (excludes halogenated alkanes) is 1. The highest BCUT2D eigenvalue weighted by molar-refractivity contribution is 5.78. The van der Waals surface area contributed by atoms with Crippen LogP contribution in [0.1, 0.15) is 37.7 Å². The third kappa shape index (κ3) is 3.77. The molecule has 0 radical (unpaired) electrons. The smallest absolute Gasteiger partial charge is 0.220 e. The Kier molecular flexibility index (Phi) is 4.02. The second-order valence-corrected chi connectivity index (χ2v) is 4.72. The third-order valence-electron chi connectivity index (χ3n) is 3.26. The molecule has 0 bridgehead atoms. The zero-order valence-corrected chi connectivity index (χ0v) is 9.98. The van der Waals surface area contributed by atoms with Crippen molar-refractivity contribution in [2.45, 2.75) is 44.6 Å². The summed E-state index contributed by atoms with van der Waals surface area (Å²) in [6.07, 6.45) is 5.98. The van der Waals surface area contributed by atoms with Crippen LogP contribution in [0.5, 0.6) is 5.75 Å². The monoisotopic (exact) mass is 233 g/mol. The van der Waals surface area contributed by atoms with Gasteiger partial charge in [0.1, 0.15) is 5.75 Å². The Morgan fingerprint density at radius 3 is 2.94 bits per heavy atom. The van der Waals surface area contributed by atoms with Gasteiger partial charge in [0, 0.05) is 12.5 Å². The molecule has 1 unspecified atom stereocenters. The number of hydrogen-bond donors (Lipinski definition) is 2. The Bertz CT molecular complexity index is 390. The standard InChI is InChI=1S/C14H19NO2/c16-13-7-3-5-11(10-13)4-1-2-6-12-8-9-14(17)15-12/h3,5,7,10,12,16H,1-2,4,6,8-9H2,(H,15,17). The summed E-state index contributed by atoms with van der Waals surface area (Å²) >= 11 is 0. The molecule has 1 aromatic rings. The van der Waals surface area contributed by atoms with Crippen LogP contribution < -0.4 is 5.32 Å². The van der Waals surface area contributed by atoms with Crippen molar-refractivity contribution in [3.05, 3.63) is 29.8 Å². The van der Waals surface area contributed by atoms with E-state index in [1.165, 1.54) is 5.56 Å². The first-order valence-corrected chi connectivity index (χ1v) is 6.31. The van der Waals surface area contributed by atoms with Crippen LogP contribution in [-0.2, 0) is 11.2 Å². The van der Waals surface area contributed by atoms with E-state index in [2.05, 4.69) is 5.32 Å². The molecular weight excluding hydrogens is 214 g/mol. The summed E-state index contributed by atoms with van der Waals surface area (Å²) in [7, 11) is 0. The van der Waals surface area contributed by atoms with Crippen molar-refractivity contribution in [2.75, 3.05) is 0 Å². The van der Waals surface area contributed by atoms with Gasteiger partial charge < -0.3 is 10.4 Å². The first-order chi connectivity index (χ1) is 8.24. The minimum atomic E-state index is 0.197. The van der Waals surface area contributed by atoms with Gasteiger partial charge in [-0.3, -0.25) is 4.79 Å². The van der Waals surface area contributed by atoms with Crippen LogP contribution in [0.4, 0.5) is 0 Å². The molecule has 17 heavy (non-hydrogen) atoms.